The molecule has 1 amide bonds. The van der Waals surface area contributed by atoms with Crippen molar-refractivity contribution >= 4 is 22.5 Å². The topological polar surface area (TPSA) is 61.9 Å². The molecule has 3 aromatic rings. The molecular formula is C18H18N4O. The molecule has 1 aliphatic heterocycles. The van der Waals surface area contributed by atoms with Crippen LogP contribution in [0.2, 0.25) is 0 Å². The summed E-state index contributed by atoms with van der Waals surface area (Å²) in [7, 11) is 0. The highest BCUT2D eigenvalue weighted by molar-refractivity contribution is 5.99. The van der Waals surface area contributed by atoms with Gasteiger partial charge in [0.2, 0.25) is 5.91 Å². The molecule has 1 aliphatic rings. The number of hydrogen-bond acceptors (Lipinski definition) is 3. The van der Waals surface area contributed by atoms with Crippen LogP contribution in [0.15, 0.2) is 30.5 Å². The van der Waals surface area contributed by atoms with Crippen LogP contribution in [-0.4, -0.2) is 27.6 Å². The smallest absolute Gasteiger partial charge is 0.227 e. The molecule has 1 saturated heterocycles. The van der Waals surface area contributed by atoms with Gasteiger partial charge in [0, 0.05) is 30.2 Å². The minimum atomic E-state index is 0.203. The molecule has 23 heavy (non-hydrogen) atoms. The van der Waals surface area contributed by atoms with Gasteiger partial charge < -0.3 is 4.90 Å². The Kier molecular flexibility index (Phi) is 3.15. The predicted octanol–water partition coefficient (Wildman–Crippen LogP) is 3.37. The monoisotopic (exact) mass is 306 g/mol. The Hall–Kier alpha value is -2.69. The fraction of sp³-hybridized carbons (Fsp3) is 0.278. The molecule has 5 nitrogen and oxygen atoms in total. The normalized spacial score (nSPS) is 14.9. The molecule has 3 heterocycles. The summed E-state index contributed by atoms with van der Waals surface area (Å²) in [6.45, 7) is 4.94. The van der Waals surface area contributed by atoms with E-state index in [4.69, 9.17) is 4.98 Å². The molecule has 5 heteroatoms. The highest BCUT2D eigenvalue weighted by Gasteiger charge is 2.23. The minimum Gasteiger partial charge on any atom is -0.312 e. The second-order valence-corrected chi connectivity index (χ2v) is 6.10. The van der Waals surface area contributed by atoms with E-state index in [1.165, 1.54) is 5.56 Å². The molecular weight excluding hydrogens is 288 g/mol. The first-order valence-corrected chi connectivity index (χ1v) is 7.85. The van der Waals surface area contributed by atoms with Crippen LogP contribution >= 0.6 is 0 Å². The van der Waals surface area contributed by atoms with E-state index in [1.54, 1.807) is 6.20 Å². The van der Waals surface area contributed by atoms with Gasteiger partial charge in [-0.3, -0.25) is 9.89 Å². The van der Waals surface area contributed by atoms with E-state index >= 15 is 0 Å². The fourth-order valence-corrected chi connectivity index (χ4v) is 3.27. The molecule has 0 unspecified atom stereocenters. The van der Waals surface area contributed by atoms with Gasteiger partial charge >= 0.3 is 0 Å². The first-order chi connectivity index (χ1) is 11.1. The van der Waals surface area contributed by atoms with Crippen molar-refractivity contribution in [1.82, 2.24) is 15.2 Å². The standard InChI is InChI=1S/C18H18N4O/c1-11-9-16(14-5-6-19-21-14)20-15-10-17(12(2)8-13(11)15)22-7-3-4-18(22)23/h5-6,8-10H,3-4,7H2,1-2H3,(H,19,21). The van der Waals surface area contributed by atoms with Gasteiger partial charge in [0.1, 0.15) is 0 Å². The summed E-state index contributed by atoms with van der Waals surface area (Å²) < 4.78 is 0. The summed E-state index contributed by atoms with van der Waals surface area (Å²) in [6, 6.07) is 8.15. The van der Waals surface area contributed by atoms with Crippen molar-refractivity contribution in [3.8, 4) is 11.4 Å². The number of nitrogens with one attached hydrogen (secondary N) is 1. The Morgan fingerprint density at radius 2 is 2.04 bits per heavy atom. The lowest BCUT2D eigenvalue weighted by atomic mass is 10.0. The third kappa shape index (κ3) is 2.29. The zero-order valence-electron chi connectivity index (χ0n) is 13.3. The Labute approximate surface area is 134 Å². The number of fused-ring (bicyclic) bond motifs is 1. The van der Waals surface area contributed by atoms with E-state index in [0.29, 0.717) is 6.42 Å². The number of pyridine rings is 1. The maximum Gasteiger partial charge on any atom is 0.227 e. The summed E-state index contributed by atoms with van der Waals surface area (Å²) in [5.74, 6) is 0.203. The van der Waals surface area contributed by atoms with Gasteiger partial charge in [-0.25, -0.2) is 4.98 Å². The number of hydrogen-bond donors (Lipinski definition) is 1. The average molecular weight is 306 g/mol. The van der Waals surface area contributed by atoms with Crippen LogP contribution in [0, 0.1) is 13.8 Å². The molecule has 1 aromatic carbocycles. The minimum absolute atomic E-state index is 0.203. The predicted molar refractivity (Wildman–Crippen MR) is 90.4 cm³/mol. The van der Waals surface area contributed by atoms with E-state index in [9.17, 15) is 4.79 Å². The maximum atomic E-state index is 12.1. The maximum absolute atomic E-state index is 12.1. The van der Waals surface area contributed by atoms with Crippen molar-refractivity contribution in [3.05, 3.63) is 41.6 Å². The first-order valence-electron chi connectivity index (χ1n) is 7.85. The summed E-state index contributed by atoms with van der Waals surface area (Å²) in [6.07, 6.45) is 3.29. The zero-order valence-corrected chi connectivity index (χ0v) is 13.3. The van der Waals surface area contributed by atoms with E-state index in [1.807, 2.05) is 17.0 Å². The molecule has 0 bridgehead atoms. The van der Waals surface area contributed by atoms with E-state index in [2.05, 4.69) is 36.2 Å². The van der Waals surface area contributed by atoms with E-state index in [0.717, 1.165) is 46.5 Å². The largest absolute Gasteiger partial charge is 0.312 e. The molecule has 1 N–H and O–H groups in total. The molecule has 4 rings (SSSR count). The van der Waals surface area contributed by atoms with Gasteiger partial charge in [-0.2, -0.15) is 5.10 Å². The summed E-state index contributed by atoms with van der Waals surface area (Å²) in [5, 5.41) is 8.08. The van der Waals surface area contributed by atoms with Crippen molar-refractivity contribution < 1.29 is 4.79 Å². The second-order valence-electron chi connectivity index (χ2n) is 6.10. The third-order valence-corrected chi connectivity index (χ3v) is 4.47. The zero-order chi connectivity index (χ0) is 16.0. The van der Waals surface area contributed by atoms with E-state index in [-0.39, 0.29) is 5.91 Å². The lowest BCUT2D eigenvalue weighted by Gasteiger charge is -2.19. The number of carbonyl (C=O) groups is 1. The summed E-state index contributed by atoms with van der Waals surface area (Å²) >= 11 is 0. The number of amides is 1. The highest BCUT2D eigenvalue weighted by Crippen LogP contribution is 2.31. The van der Waals surface area contributed by atoms with Crippen molar-refractivity contribution in [2.45, 2.75) is 26.7 Å². The first kappa shape index (κ1) is 13.9. The van der Waals surface area contributed by atoms with Crippen LogP contribution < -0.4 is 4.90 Å². The Bertz CT molecular complexity index is 899. The number of carbonyl (C=O) groups excluding carboxylic acids is 1. The molecule has 0 spiro atoms. The Morgan fingerprint density at radius 3 is 2.74 bits per heavy atom. The number of rotatable bonds is 2. The average Bonchev–Trinajstić information content (AvgIpc) is 3.19. The fourth-order valence-electron chi connectivity index (χ4n) is 3.27. The second kappa shape index (κ2) is 5.19. The molecule has 0 radical (unpaired) electrons. The van der Waals surface area contributed by atoms with Gasteiger partial charge in [-0.15, -0.1) is 0 Å². The van der Waals surface area contributed by atoms with Crippen molar-refractivity contribution in [1.29, 1.82) is 0 Å². The summed E-state index contributed by atoms with van der Waals surface area (Å²) in [4.78, 5) is 18.7. The van der Waals surface area contributed by atoms with Crippen LogP contribution in [0.5, 0.6) is 0 Å². The van der Waals surface area contributed by atoms with Crippen LogP contribution in [0.1, 0.15) is 24.0 Å². The van der Waals surface area contributed by atoms with Gasteiger partial charge in [0.25, 0.3) is 0 Å². The van der Waals surface area contributed by atoms with Crippen molar-refractivity contribution in [2.24, 2.45) is 0 Å². The van der Waals surface area contributed by atoms with Gasteiger partial charge in [0.15, 0.2) is 0 Å². The number of aromatic nitrogens is 3. The Balaban J connectivity index is 1.90. The van der Waals surface area contributed by atoms with Gasteiger partial charge in [0.05, 0.1) is 16.9 Å². The number of aromatic amines is 1. The van der Waals surface area contributed by atoms with Gasteiger partial charge in [-0.05, 0) is 55.7 Å². The quantitative estimate of drug-likeness (QED) is 0.789. The molecule has 0 atom stereocenters. The van der Waals surface area contributed by atoms with Crippen molar-refractivity contribution in [3.63, 3.8) is 0 Å². The summed E-state index contributed by atoms with van der Waals surface area (Å²) in [5.41, 5.74) is 5.95. The van der Waals surface area contributed by atoms with Crippen LogP contribution in [0.3, 0.4) is 0 Å². The number of aryl methyl sites for hydroxylation is 2. The lowest BCUT2D eigenvalue weighted by Crippen LogP contribution is -2.24. The molecule has 1 fully saturated rings. The van der Waals surface area contributed by atoms with Crippen LogP contribution in [-0.2, 0) is 4.79 Å². The van der Waals surface area contributed by atoms with Crippen LogP contribution in [0.25, 0.3) is 22.3 Å². The highest BCUT2D eigenvalue weighted by atomic mass is 16.2. The lowest BCUT2D eigenvalue weighted by molar-refractivity contribution is -0.117. The number of H-pyrrole nitrogens is 1. The molecule has 0 aliphatic carbocycles. The number of nitrogens with zero attached hydrogens (tertiary/aromatic N) is 3. The molecule has 116 valence electrons. The SMILES string of the molecule is Cc1cc2c(C)cc(-c3ccn[nH]3)nc2cc1N1CCCC1=O. The third-order valence-electron chi connectivity index (χ3n) is 4.47. The van der Waals surface area contributed by atoms with Gasteiger partial charge in [-0.1, -0.05) is 0 Å². The molecule has 2 aromatic heterocycles. The Morgan fingerprint density at radius 1 is 1.17 bits per heavy atom. The van der Waals surface area contributed by atoms with Crippen molar-refractivity contribution in [2.75, 3.05) is 11.4 Å². The van der Waals surface area contributed by atoms with Crippen LogP contribution in [0.4, 0.5) is 5.69 Å². The number of benzene rings is 1. The number of anilines is 1. The van der Waals surface area contributed by atoms with E-state index < -0.39 is 0 Å². The molecule has 0 saturated carbocycles.